The first-order chi connectivity index (χ1) is 16.4. The summed E-state index contributed by atoms with van der Waals surface area (Å²) in [7, 11) is 3.10. The van der Waals surface area contributed by atoms with Crippen molar-refractivity contribution in [3.63, 3.8) is 0 Å². The van der Waals surface area contributed by atoms with Crippen LogP contribution in [0.2, 0.25) is 0 Å². The van der Waals surface area contributed by atoms with Crippen LogP contribution in [0, 0.1) is 6.92 Å². The minimum atomic E-state index is -0.713. The first-order valence-electron chi connectivity index (χ1n) is 10.9. The lowest BCUT2D eigenvalue weighted by molar-refractivity contribution is -0.139. The molecule has 0 saturated carbocycles. The summed E-state index contributed by atoms with van der Waals surface area (Å²) in [5.74, 6) is 0.549. The van der Waals surface area contributed by atoms with Gasteiger partial charge >= 0.3 is 5.97 Å². The molecule has 0 N–H and O–H groups in total. The van der Waals surface area contributed by atoms with Crippen LogP contribution in [-0.2, 0) is 9.53 Å². The first-order valence-corrected chi connectivity index (χ1v) is 11.7. The molecule has 0 saturated heterocycles. The van der Waals surface area contributed by atoms with Gasteiger partial charge in [-0.15, -0.1) is 0 Å². The highest BCUT2D eigenvalue weighted by molar-refractivity contribution is 7.07. The number of hydrogen-bond acceptors (Lipinski definition) is 7. The predicted octanol–water partition coefficient (Wildman–Crippen LogP) is 3.12. The molecule has 0 aliphatic carbocycles. The van der Waals surface area contributed by atoms with Crippen LogP contribution in [0.5, 0.6) is 11.5 Å². The maximum absolute atomic E-state index is 13.6. The number of allylic oxidation sites excluding steroid dienone is 1. The zero-order valence-electron chi connectivity index (χ0n) is 19.7. The quantitative estimate of drug-likeness (QED) is 0.509. The number of nitrogens with zero attached hydrogens (tertiary/aromatic N) is 2. The van der Waals surface area contributed by atoms with E-state index in [-0.39, 0.29) is 12.2 Å². The van der Waals surface area contributed by atoms with Crippen molar-refractivity contribution in [1.82, 2.24) is 4.57 Å². The lowest BCUT2D eigenvalue weighted by atomic mass is 9.95. The average Bonchev–Trinajstić information content (AvgIpc) is 3.13. The van der Waals surface area contributed by atoms with E-state index in [4.69, 9.17) is 14.2 Å². The summed E-state index contributed by atoms with van der Waals surface area (Å²) in [5, 5.41) is 0. The summed E-state index contributed by atoms with van der Waals surface area (Å²) in [4.78, 5) is 31.8. The number of rotatable bonds is 6. The number of aromatic nitrogens is 1. The van der Waals surface area contributed by atoms with Crippen molar-refractivity contribution in [1.29, 1.82) is 0 Å². The molecule has 0 spiro atoms. The molecule has 176 valence electrons. The standard InChI is InChI=1S/C26H26N2O5S/c1-6-33-25(30)22-16(3)27-26-28(23(22)18-11-12-19(31-4)20(14-18)32-5)24(29)21(34-26)13-17-9-7-15(2)8-10-17/h7-14,23H,6H2,1-5H3/b21-13-/t23-/m1/s1. The molecular weight excluding hydrogens is 452 g/mol. The lowest BCUT2D eigenvalue weighted by Crippen LogP contribution is -2.39. The molecule has 0 radical (unpaired) electrons. The fraction of sp³-hybridized carbons (Fsp3) is 0.269. The molecule has 1 aliphatic heterocycles. The fourth-order valence-corrected chi connectivity index (χ4v) is 4.99. The Labute approximate surface area is 201 Å². The van der Waals surface area contributed by atoms with Gasteiger partial charge in [-0.3, -0.25) is 9.36 Å². The zero-order chi connectivity index (χ0) is 24.4. The molecule has 1 aliphatic rings. The molecule has 0 fully saturated rings. The highest BCUT2D eigenvalue weighted by Gasteiger charge is 2.33. The van der Waals surface area contributed by atoms with Crippen LogP contribution in [0.3, 0.4) is 0 Å². The Balaban J connectivity index is 1.96. The van der Waals surface area contributed by atoms with Gasteiger partial charge in [-0.2, -0.15) is 0 Å². The number of aryl methyl sites for hydroxylation is 1. The molecule has 3 aromatic rings. The van der Waals surface area contributed by atoms with E-state index in [1.54, 1.807) is 44.8 Å². The van der Waals surface area contributed by atoms with Gasteiger partial charge < -0.3 is 14.2 Å². The third-order valence-corrected chi connectivity index (χ3v) is 6.60. The monoisotopic (exact) mass is 478 g/mol. The van der Waals surface area contributed by atoms with Crippen LogP contribution in [0.25, 0.3) is 6.08 Å². The summed E-state index contributed by atoms with van der Waals surface area (Å²) in [6, 6.07) is 12.6. The number of benzene rings is 2. The Kier molecular flexibility index (Phi) is 6.70. The average molecular weight is 479 g/mol. The number of carbonyl (C=O) groups is 1. The normalized spacial score (nSPS) is 15.6. The highest BCUT2D eigenvalue weighted by Crippen LogP contribution is 2.36. The maximum atomic E-state index is 13.6. The van der Waals surface area contributed by atoms with Crippen molar-refractivity contribution in [2.75, 3.05) is 20.8 Å². The molecule has 0 unspecified atom stereocenters. The van der Waals surface area contributed by atoms with Crippen molar-refractivity contribution in [2.45, 2.75) is 26.8 Å². The van der Waals surface area contributed by atoms with Crippen LogP contribution < -0.4 is 24.4 Å². The minimum Gasteiger partial charge on any atom is -0.493 e. The van der Waals surface area contributed by atoms with E-state index in [0.717, 1.165) is 11.1 Å². The van der Waals surface area contributed by atoms with Crippen molar-refractivity contribution >= 4 is 23.4 Å². The largest absolute Gasteiger partial charge is 0.493 e. The Morgan fingerprint density at radius 1 is 1.09 bits per heavy atom. The van der Waals surface area contributed by atoms with Crippen molar-refractivity contribution in [3.8, 4) is 11.5 Å². The molecule has 34 heavy (non-hydrogen) atoms. The number of esters is 1. The van der Waals surface area contributed by atoms with Gasteiger partial charge in [0.05, 0.1) is 42.7 Å². The van der Waals surface area contributed by atoms with Gasteiger partial charge in [0.15, 0.2) is 16.3 Å². The maximum Gasteiger partial charge on any atom is 0.338 e. The molecule has 1 aromatic heterocycles. The van der Waals surface area contributed by atoms with Crippen molar-refractivity contribution in [3.05, 3.63) is 90.1 Å². The zero-order valence-corrected chi connectivity index (χ0v) is 20.6. The second-order valence-corrected chi connectivity index (χ2v) is 8.84. The minimum absolute atomic E-state index is 0.214. The second kappa shape index (κ2) is 9.69. The van der Waals surface area contributed by atoms with Crippen molar-refractivity contribution in [2.24, 2.45) is 4.99 Å². The van der Waals surface area contributed by atoms with Gasteiger partial charge in [-0.05, 0) is 50.1 Å². The highest BCUT2D eigenvalue weighted by atomic mass is 32.1. The van der Waals surface area contributed by atoms with Gasteiger partial charge in [0.2, 0.25) is 0 Å². The number of methoxy groups -OCH3 is 2. The molecule has 0 amide bonds. The Hall–Kier alpha value is -3.65. The van der Waals surface area contributed by atoms with E-state index >= 15 is 0 Å². The number of ether oxygens (including phenoxy) is 3. The number of carbonyl (C=O) groups excluding carboxylic acids is 1. The molecule has 7 nitrogen and oxygen atoms in total. The van der Waals surface area contributed by atoms with Gasteiger partial charge in [-0.25, -0.2) is 9.79 Å². The van der Waals surface area contributed by atoms with Crippen LogP contribution >= 0.6 is 11.3 Å². The lowest BCUT2D eigenvalue weighted by Gasteiger charge is -2.25. The molecule has 2 heterocycles. The van der Waals surface area contributed by atoms with Gasteiger partial charge in [0.25, 0.3) is 5.56 Å². The third-order valence-electron chi connectivity index (χ3n) is 5.62. The molecule has 8 heteroatoms. The van der Waals surface area contributed by atoms with E-state index in [2.05, 4.69) is 4.99 Å². The van der Waals surface area contributed by atoms with E-state index in [1.807, 2.05) is 43.3 Å². The summed E-state index contributed by atoms with van der Waals surface area (Å²) >= 11 is 1.29. The molecular formula is C26H26N2O5S. The van der Waals surface area contributed by atoms with Crippen LogP contribution in [0.15, 0.2) is 63.5 Å². The SMILES string of the molecule is CCOC(=O)C1=C(C)N=c2s/c(=C\c3ccc(C)cc3)c(=O)n2[C@@H]1c1ccc(OC)c(OC)c1. The second-order valence-electron chi connectivity index (χ2n) is 7.83. The molecule has 1 atom stereocenters. The predicted molar refractivity (Wildman–Crippen MR) is 131 cm³/mol. The first kappa shape index (κ1) is 23.5. The topological polar surface area (TPSA) is 79.1 Å². The van der Waals surface area contributed by atoms with Crippen molar-refractivity contribution < 1.29 is 19.0 Å². The smallest absolute Gasteiger partial charge is 0.338 e. The van der Waals surface area contributed by atoms with Crippen LogP contribution in [0.4, 0.5) is 0 Å². The van der Waals surface area contributed by atoms with Crippen LogP contribution in [-0.4, -0.2) is 31.4 Å². The molecule has 4 rings (SSSR count). The summed E-state index contributed by atoms with van der Waals surface area (Å²) in [6.07, 6.45) is 1.85. The van der Waals surface area contributed by atoms with Gasteiger partial charge in [0.1, 0.15) is 0 Å². The van der Waals surface area contributed by atoms with E-state index < -0.39 is 12.0 Å². The number of fused-ring (bicyclic) bond motifs is 1. The van der Waals surface area contributed by atoms with E-state index in [1.165, 1.54) is 11.3 Å². The Bertz CT molecular complexity index is 1450. The van der Waals surface area contributed by atoms with Crippen LogP contribution in [0.1, 0.15) is 36.6 Å². The summed E-state index contributed by atoms with van der Waals surface area (Å²) in [5.41, 5.74) is 3.36. The summed E-state index contributed by atoms with van der Waals surface area (Å²) < 4.78 is 18.3. The third kappa shape index (κ3) is 4.28. The molecule has 0 bridgehead atoms. The Morgan fingerprint density at radius 2 is 1.79 bits per heavy atom. The number of hydrogen-bond donors (Lipinski definition) is 0. The fourth-order valence-electron chi connectivity index (χ4n) is 3.94. The van der Waals surface area contributed by atoms with E-state index in [0.29, 0.717) is 37.7 Å². The number of thiazole rings is 1. The van der Waals surface area contributed by atoms with Gasteiger partial charge in [-0.1, -0.05) is 47.2 Å². The molecule has 2 aromatic carbocycles. The summed E-state index contributed by atoms with van der Waals surface area (Å²) in [6.45, 7) is 5.74. The Morgan fingerprint density at radius 3 is 2.44 bits per heavy atom. The van der Waals surface area contributed by atoms with Gasteiger partial charge in [0, 0.05) is 0 Å². The van der Waals surface area contributed by atoms with E-state index in [9.17, 15) is 9.59 Å².